The third kappa shape index (κ3) is 4.68. The minimum absolute atomic E-state index is 0.212. The molecular formula is C19H25FN6. The Balaban J connectivity index is 1.47. The van der Waals surface area contributed by atoms with Gasteiger partial charge in [0.15, 0.2) is 17.6 Å². The molecule has 1 atom stereocenters. The third-order valence-electron chi connectivity index (χ3n) is 4.47. The van der Waals surface area contributed by atoms with E-state index < -0.39 is 0 Å². The van der Waals surface area contributed by atoms with Crippen molar-refractivity contribution in [1.82, 2.24) is 20.6 Å². The molecule has 2 aromatic heterocycles. The smallest absolute Gasteiger partial charge is 0.191 e. The zero-order chi connectivity index (χ0) is 18.4. The molecule has 0 bridgehead atoms. The van der Waals surface area contributed by atoms with Gasteiger partial charge in [-0.2, -0.15) is 0 Å². The molecule has 2 aromatic rings. The van der Waals surface area contributed by atoms with Crippen LogP contribution in [0.3, 0.4) is 0 Å². The van der Waals surface area contributed by atoms with E-state index in [0.717, 1.165) is 37.6 Å². The second kappa shape index (κ2) is 8.60. The van der Waals surface area contributed by atoms with Crippen LogP contribution in [0.1, 0.15) is 17.7 Å². The molecule has 26 heavy (non-hydrogen) atoms. The van der Waals surface area contributed by atoms with Crippen molar-refractivity contribution >= 4 is 11.8 Å². The van der Waals surface area contributed by atoms with Crippen LogP contribution >= 0.6 is 0 Å². The maximum absolute atomic E-state index is 13.9. The van der Waals surface area contributed by atoms with Gasteiger partial charge in [-0.3, -0.25) is 9.98 Å². The van der Waals surface area contributed by atoms with Gasteiger partial charge < -0.3 is 15.5 Å². The first kappa shape index (κ1) is 18.1. The minimum atomic E-state index is -0.276. The van der Waals surface area contributed by atoms with Gasteiger partial charge in [-0.25, -0.2) is 9.37 Å². The second-order valence-electron chi connectivity index (χ2n) is 6.44. The average Bonchev–Trinajstić information content (AvgIpc) is 3.11. The van der Waals surface area contributed by atoms with Gasteiger partial charge >= 0.3 is 0 Å². The molecule has 1 saturated heterocycles. The van der Waals surface area contributed by atoms with Crippen molar-refractivity contribution in [3.05, 3.63) is 53.7 Å². The van der Waals surface area contributed by atoms with Gasteiger partial charge in [0.25, 0.3) is 0 Å². The molecule has 0 spiro atoms. The number of rotatable bonds is 5. The van der Waals surface area contributed by atoms with Crippen LogP contribution in [0.15, 0.2) is 41.7 Å². The van der Waals surface area contributed by atoms with E-state index in [1.807, 2.05) is 24.1 Å². The number of aliphatic imine (C=N–C) groups is 1. The lowest BCUT2D eigenvalue weighted by Crippen LogP contribution is -2.45. The van der Waals surface area contributed by atoms with Gasteiger partial charge in [-0.15, -0.1) is 0 Å². The fourth-order valence-electron chi connectivity index (χ4n) is 3.04. The van der Waals surface area contributed by atoms with Gasteiger partial charge in [-0.1, -0.05) is 6.07 Å². The van der Waals surface area contributed by atoms with Crippen molar-refractivity contribution in [2.24, 2.45) is 4.99 Å². The normalized spacial score (nSPS) is 17.4. The van der Waals surface area contributed by atoms with Gasteiger partial charge in [0.2, 0.25) is 0 Å². The van der Waals surface area contributed by atoms with Gasteiger partial charge in [0, 0.05) is 50.8 Å². The number of pyridine rings is 2. The first-order valence-corrected chi connectivity index (χ1v) is 8.90. The number of nitrogens with one attached hydrogen (secondary N) is 2. The summed E-state index contributed by atoms with van der Waals surface area (Å²) in [5.41, 5.74) is 2.21. The van der Waals surface area contributed by atoms with E-state index >= 15 is 0 Å². The van der Waals surface area contributed by atoms with E-state index in [0.29, 0.717) is 12.4 Å². The predicted octanol–water partition coefficient (Wildman–Crippen LogP) is 1.91. The highest BCUT2D eigenvalue weighted by molar-refractivity contribution is 5.80. The lowest BCUT2D eigenvalue weighted by Gasteiger charge is -2.20. The fourth-order valence-corrected chi connectivity index (χ4v) is 3.04. The van der Waals surface area contributed by atoms with Gasteiger partial charge in [0.05, 0.1) is 0 Å². The van der Waals surface area contributed by atoms with Crippen molar-refractivity contribution in [2.45, 2.75) is 25.8 Å². The maximum atomic E-state index is 13.9. The summed E-state index contributed by atoms with van der Waals surface area (Å²) in [6, 6.07) is 7.38. The molecule has 1 fully saturated rings. The highest BCUT2D eigenvalue weighted by Crippen LogP contribution is 2.20. The number of halogens is 1. The van der Waals surface area contributed by atoms with Crippen LogP contribution in [0.25, 0.3) is 0 Å². The van der Waals surface area contributed by atoms with E-state index in [4.69, 9.17) is 0 Å². The van der Waals surface area contributed by atoms with Crippen LogP contribution in [0, 0.1) is 12.7 Å². The Morgan fingerprint density at radius 2 is 2.23 bits per heavy atom. The second-order valence-corrected chi connectivity index (χ2v) is 6.44. The highest BCUT2D eigenvalue weighted by atomic mass is 19.1. The standard InChI is InChI=1S/C19H25FN6/c1-14-5-6-15(12-24-14)7-10-23-19(21-2)25-16-8-11-26(13-16)18-17(20)4-3-9-22-18/h3-6,9,12,16H,7-8,10-11,13H2,1-2H3,(H2,21,23,25). The number of hydrogen-bond donors (Lipinski definition) is 2. The number of nitrogens with zero attached hydrogens (tertiary/aromatic N) is 4. The van der Waals surface area contributed by atoms with E-state index in [-0.39, 0.29) is 11.9 Å². The average molecular weight is 356 g/mol. The Labute approximate surface area is 153 Å². The molecule has 3 heterocycles. The molecule has 0 radical (unpaired) electrons. The summed E-state index contributed by atoms with van der Waals surface area (Å²) >= 11 is 0. The fraction of sp³-hybridized carbons (Fsp3) is 0.421. The Kier molecular flexibility index (Phi) is 5.99. The number of anilines is 1. The molecule has 0 aliphatic carbocycles. The Morgan fingerprint density at radius 1 is 1.35 bits per heavy atom. The molecule has 2 N–H and O–H groups in total. The first-order valence-electron chi connectivity index (χ1n) is 8.90. The number of guanidine groups is 1. The molecular weight excluding hydrogens is 331 g/mol. The van der Waals surface area contributed by atoms with E-state index in [9.17, 15) is 4.39 Å². The Morgan fingerprint density at radius 3 is 2.96 bits per heavy atom. The summed E-state index contributed by atoms with van der Waals surface area (Å²) in [6.45, 7) is 4.24. The van der Waals surface area contributed by atoms with Crippen LogP contribution in [0.4, 0.5) is 10.2 Å². The van der Waals surface area contributed by atoms with Crippen molar-refractivity contribution in [2.75, 3.05) is 31.6 Å². The molecule has 3 rings (SSSR count). The summed E-state index contributed by atoms with van der Waals surface area (Å²) in [5, 5.41) is 6.74. The summed E-state index contributed by atoms with van der Waals surface area (Å²) in [6.07, 6.45) is 5.32. The van der Waals surface area contributed by atoms with E-state index in [2.05, 4.69) is 31.7 Å². The highest BCUT2D eigenvalue weighted by Gasteiger charge is 2.25. The summed E-state index contributed by atoms with van der Waals surface area (Å²) in [4.78, 5) is 14.7. The summed E-state index contributed by atoms with van der Waals surface area (Å²) in [7, 11) is 1.76. The van der Waals surface area contributed by atoms with E-state index in [1.54, 1.807) is 19.3 Å². The molecule has 1 unspecified atom stereocenters. The number of hydrogen-bond acceptors (Lipinski definition) is 4. The third-order valence-corrected chi connectivity index (χ3v) is 4.47. The molecule has 0 saturated carbocycles. The van der Waals surface area contributed by atoms with Gasteiger partial charge in [0.1, 0.15) is 0 Å². The minimum Gasteiger partial charge on any atom is -0.356 e. The van der Waals surface area contributed by atoms with Crippen molar-refractivity contribution < 1.29 is 4.39 Å². The van der Waals surface area contributed by atoms with Crippen LogP contribution in [-0.4, -0.2) is 48.7 Å². The Hall–Kier alpha value is -2.70. The first-order chi connectivity index (χ1) is 12.7. The van der Waals surface area contributed by atoms with Crippen LogP contribution in [-0.2, 0) is 6.42 Å². The molecule has 0 aromatic carbocycles. The maximum Gasteiger partial charge on any atom is 0.191 e. The molecule has 7 heteroatoms. The molecule has 1 aliphatic rings. The SMILES string of the molecule is CN=C(NCCc1ccc(C)nc1)NC1CCN(c2ncccc2F)C1. The van der Waals surface area contributed by atoms with Crippen LogP contribution < -0.4 is 15.5 Å². The van der Waals surface area contributed by atoms with Crippen molar-refractivity contribution in [3.63, 3.8) is 0 Å². The largest absolute Gasteiger partial charge is 0.356 e. The lowest BCUT2D eigenvalue weighted by molar-refractivity contribution is 0.612. The summed E-state index contributed by atoms with van der Waals surface area (Å²) < 4.78 is 13.9. The molecule has 6 nitrogen and oxygen atoms in total. The Bertz CT molecular complexity index is 746. The monoisotopic (exact) mass is 356 g/mol. The van der Waals surface area contributed by atoms with Crippen molar-refractivity contribution in [1.29, 1.82) is 0 Å². The molecule has 0 amide bonds. The lowest BCUT2D eigenvalue weighted by atomic mass is 10.2. The number of aromatic nitrogens is 2. The topological polar surface area (TPSA) is 65.4 Å². The quantitative estimate of drug-likeness (QED) is 0.633. The molecule has 1 aliphatic heterocycles. The number of aryl methyl sites for hydroxylation is 1. The van der Waals surface area contributed by atoms with Crippen molar-refractivity contribution in [3.8, 4) is 0 Å². The molecule has 138 valence electrons. The zero-order valence-corrected chi connectivity index (χ0v) is 15.2. The van der Waals surface area contributed by atoms with E-state index in [1.165, 1.54) is 11.6 Å². The van der Waals surface area contributed by atoms with Crippen LogP contribution in [0.5, 0.6) is 0 Å². The summed E-state index contributed by atoms with van der Waals surface area (Å²) in [5.74, 6) is 0.910. The van der Waals surface area contributed by atoms with Crippen LogP contribution in [0.2, 0.25) is 0 Å². The predicted molar refractivity (Wildman–Crippen MR) is 102 cm³/mol. The zero-order valence-electron chi connectivity index (χ0n) is 15.2. The van der Waals surface area contributed by atoms with Gasteiger partial charge in [-0.05, 0) is 43.5 Å².